The quantitative estimate of drug-likeness (QED) is 0.581. The maximum atomic E-state index is 12.9. The predicted octanol–water partition coefficient (Wildman–Crippen LogP) is 3.84. The van der Waals surface area contributed by atoms with E-state index in [0.717, 1.165) is 17.4 Å². The smallest absolute Gasteiger partial charge is 0.444 e. The topological polar surface area (TPSA) is 106 Å². The summed E-state index contributed by atoms with van der Waals surface area (Å²) in [4.78, 5) is 11.5. The summed E-state index contributed by atoms with van der Waals surface area (Å²) in [5.41, 5.74) is 0.491. The Bertz CT molecular complexity index is 1220. The lowest BCUT2D eigenvalue weighted by Crippen LogP contribution is -2.25. The van der Waals surface area contributed by atoms with Crippen molar-refractivity contribution in [2.24, 2.45) is 0 Å². The van der Waals surface area contributed by atoms with E-state index < -0.39 is 27.9 Å². The van der Waals surface area contributed by atoms with Crippen molar-refractivity contribution in [1.29, 1.82) is 0 Å². The van der Waals surface area contributed by atoms with Gasteiger partial charge in [0, 0.05) is 24.2 Å². The van der Waals surface area contributed by atoms with E-state index in [1.54, 1.807) is 0 Å². The van der Waals surface area contributed by atoms with Gasteiger partial charge in [-0.25, -0.2) is 8.42 Å². The Balaban J connectivity index is 1.52. The highest BCUT2D eigenvalue weighted by molar-refractivity contribution is 7.91. The summed E-state index contributed by atoms with van der Waals surface area (Å²) in [6.07, 6.45) is -3.61. The number of sulfonamides is 1. The van der Waals surface area contributed by atoms with E-state index in [4.69, 9.17) is 4.42 Å². The highest BCUT2D eigenvalue weighted by atomic mass is 32.2. The van der Waals surface area contributed by atoms with Crippen LogP contribution in [0.15, 0.2) is 50.1 Å². The van der Waals surface area contributed by atoms with Crippen molar-refractivity contribution in [2.45, 2.75) is 23.5 Å². The Kier molecular flexibility index (Phi) is 4.83. The molecule has 0 saturated carbocycles. The van der Waals surface area contributed by atoms with Gasteiger partial charge in [0.05, 0.1) is 11.4 Å². The van der Waals surface area contributed by atoms with E-state index in [9.17, 15) is 26.4 Å². The number of fused-ring (bicyclic) bond motifs is 1. The molecular formula is C17H12F3N3O5S2. The van der Waals surface area contributed by atoms with Crippen molar-refractivity contribution >= 4 is 33.2 Å². The lowest BCUT2D eigenvalue weighted by atomic mass is 10.3. The first-order valence-electron chi connectivity index (χ1n) is 8.27. The number of nitrogens with zero attached hydrogens (tertiary/aromatic N) is 2. The third-order valence-corrected chi connectivity index (χ3v) is 7.58. The molecule has 0 aromatic carbocycles. The fourth-order valence-electron chi connectivity index (χ4n) is 2.79. The van der Waals surface area contributed by atoms with Gasteiger partial charge in [0.1, 0.15) is 15.7 Å². The molecule has 0 saturated heterocycles. The summed E-state index contributed by atoms with van der Waals surface area (Å²) >= 11 is 0.781. The van der Waals surface area contributed by atoms with Crippen LogP contribution in [0.5, 0.6) is 0 Å². The number of hydrogen-bond acceptors (Lipinski definition) is 7. The molecule has 1 aliphatic heterocycles. The third kappa shape index (κ3) is 3.66. The fraction of sp³-hybridized carbons (Fsp3) is 0.176. The first-order chi connectivity index (χ1) is 14.1. The number of alkyl halides is 3. The minimum Gasteiger partial charge on any atom is -0.444 e. The van der Waals surface area contributed by atoms with Crippen molar-refractivity contribution < 1.29 is 35.3 Å². The van der Waals surface area contributed by atoms with Gasteiger partial charge in [0.2, 0.25) is 11.7 Å². The van der Waals surface area contributed by atoms with Crippen LogP contribution >= 0.6 is 11.3 Å². The maximum Gasteiger partial charge on any atom is 0.452 e. The monoisotopic (exact) mass is 459 g/mol. The summed E-state index contributed by atoms with van der Waals surface area (Å²) in [6.45, 7) is 3.31. The van der Waals surface area contributed by atoms with Gasteiger partial charge in [-0.3, -0.25) is 10.1 Å². The standard InChI is InChI=1S/C17H12F3N3O5S2/c1-2-14(24)21-15-5-9-7-23(8-11(9)27-15)30(25,26)16-4-3-12(29-16)10-6-13(28-22-10)17(18,19)20/h2-6H,1,7-8H2,(H,21,24). The third-order valence-electron chi connectivity index (χ3n) is 4.21. The number of hydrogen-bond donors (Lipinski definition) is 1. The molecule has 158 valence electrons. The van der Waals surface area contributed by atoms with E-state index >= 15 is 0 Å². The molecule has 0 fully saturated rings. The minimum atomic E-state index is -4.68. The predicted molar refractivity (Wildman–Crippen MR) is 98.8 cm³/mol. The molecule has 30 heavy (non-hydrogen) atoms. The zero-order valence-electron chi connectivity index (χ0n) is 14.9. The summed E-state index contributed by atoms with van der Waals surface area (Å²) in [6, 6.07) is 4.91. The van der Waals surface area contributed by atoms with Crippen LogP contribution in [0.25, 0.3) is 10.6 Å². The molecule has 4 heterocycles. The Labute approximate surface area is 171 Å². The van der Waals surface area contributed by atoms with E-state index in [2.05, 4.69) is 21.6 Å². The highest BCUT2D eigenvalue weighted by Crippen LogP contribution is 2.38. The van der Waals surface area contributed by atoms with Crippen LogP contribution in [-0.2, 0) is 34.1 Å². The Hall–Kier alpha value is -2.90. The number of carbonyl (C=O) groups is 1. The molecule has 1 aliphatic rings. The number of furan rings is 1. The van der Waals surface area contributed by atoms with Gasteiger partial charge in [-0.15, -0.1) is 11.3 Å². The highest BCUT2D eigenvalue weighted by Gasteiger charge is 2.37. The number of amides is 1. The average molecular weight is 459 g/mol. The molecule has 13 heteroatoms. The molecular weight excluding hydrogens is 447 g/mol. The molecule has 3 aromatic heterocycles. The molecule has 0 unspecified atom stereocenters. The number of anilines is 1. The van der Waals surface area contributed by atoms with Gasteiger partial charge in [-0.05, 0) is 18.2 Å². The molecule has 0 bridgehead atoms. The molecule has 0 spiro atoms. The van der Waals surface area contributed by atoms with Crippen molar-refractivity contribution in [2.75, 3.05) is 5.32 Å². The summed E-state index contributed by atoms with van der Waals surface area (Å²) in [5, 5.41) is 5.82. The summed E-state index contributed by atoms with van der Waals surface area (Å²) < 4.78 is 74.7. The Morgan fingerprint density at radius 3 is 2.70 bits per heavy atom. The van der Waals surface area contributed by atoms with Crippen LogP contribution in [-0.4, -0.2) is 23.8 Å². The van der Waals surface area contributed by atoms with Crippen LogP contribution in [0.3, 0.4) is 0 Å². The number of halogens is 3. The lowest BCUT2D eigenvalue weighted by Gasteiger charge is -2.14. The Morgan fingerprint density at radius 2 is 2.07 bits per heavy atom. The number of rotatable bonds is 5. The van der Waals surface area contributed by atoms with Crippen LogP contribution < -0.4 is 5.32 Å². The van der Waals surface area contributed by atoms with Gasteiger partial charge in [-0.2, -0.15) is 17.5 Å². The van der Waals surface area contributed by atoms with Crippen molar-refractivity contribution in [3.8, 4) is 10.6 Å². The molecule has 1 amide bonds. The van der Waals surface area contributed by atoms with Gasteiger partial charge in [-0.1, -0.05) is 11.7 Å². The van der Waals surface area contributed by atoms with E-state index in [0.29, 0.717) is 17.4 Å². The second kappa shape index (κ2) is 7.11. The van der Waals surface area contributed by atoms with Gasteiger partial charge in [0.25, 0.3) is 10.0 Å². The molecule has 1 N–H and O–H groups in total. The molecule has 3 aromatic rings. The number of thiophene rings is 1. The zero-order chi connectivity index (χ0) is 21.7. The normalized spacial score (nSPS) is 14.6. The van der Waals surface area contributed by atoms with Gasteiger partial charge in [0.15, 0.2) is 5.88 Å². The number of carbonyl (C=O) groups excluding carboxylic acids is 1. The van der Waals surface area contributed by atoms with Crippen LogP contribution in [0, 0.1) is 0 Å². The minimum absolute atomic E-state index is 0.0283. The average Bonchev–Trinajstić information content (AvgIpc) is 3.41. The molecule has 0 atom stereocenters. The largest absolute Gasteiger partial charge is 0.452 e. The van der Waals surface area contributed by atoms with Crippen LogP contribution in [0.1, 0.15) is 17.1 Å². The molecule has 0 aliphatic carbocycles. The van der Waals surface area contributed by atoms with Crippen molar-refractivity contribution in [3.05, 3.63) is 54.0 Å². The van der Waals surface area contributed by atoms with E-state index in [1.165, 1.54) is 22.5 Å². The number of aromatic nitrogens is 1. The van der Waals surface area contributed by atoms with Gasteiger partial charge < -0.3 is 8.94 Å². The SMILES string of the molecule is C=CC(=O)Nc1cc2c(o1)CN(S(=O)(=O)c1ccc(-c3cc(C(F)(F)F)on3)s1)C2. The van der Waals surface area contributed by atoms with Crippen LogP contribution in [0.4, 0.5) is 19.1 Å². The zero-order valence-corrected chi connectivity index (χ0v) is 16.5. The molecule has 4 rings (SSSR count). The maximum absolute atomic E-state index is 12.9. The van der Waals surface area contributed by atoms with Crippen molar-refractivity contribution in [3.63, 3.8) is 0 Å². The first kappa shape index (κ1) is 20.4. The van der Waals surface area contributed by atoms with E-state index in [-0.39, 0.29) is 33.8 Å². The van der Waals surface area contributed by atoms with Crippen LogP contribution in [0.2, 0.25) is 0 Å². The second-order valence-corrected chi connectivity index (χ2v) is 9.47. The first-order valence-corrected chi connectivity index (χ1v) is 10.5. The second-order valence-electron chi connectivity index (χ2n) is 6.22. The van der Waals surface area contributed by atoms with Gasteiger partial charge >= 0.3 is 6.18 Å². The Morgan fingerprint density at radius 1 is 1.30 bits per heavy atom. The van der Waals surface area contributed by atoms with E-state index in [1.807, 2.05) is 0 Å². The molecule has 8 nitrogen and oxygen atoms in total. The number of nitrogens with one attached hydrogen (secondary N) is 1. The molecule has 0 radical (unpaired) electrons. The summed E-state index contributed by atoms with van der Waals surface area (Å²) in [7, 11) is -3.92. The summed E-state index contributed by atoms with van der Waals surface area (Å²) in [5.74, 6) is -1.15. The van der Waals surface area contributed by atoms with Crippen molar-refractivity contribution in [1.82, 2.24) is 9.46 Å². The lowest BCUT2D eigenvalue weighted by molar-refractivity contribution is -0.155. The fourth-order valence-corrected chi connectivity index (χ4v) is 5.58.